The van der Waals surface area contributed by atoms with Gasteiger partial charge in [-0.1, -0.05) is 18.2 Å². The molecular weight excluding hydrogens is 460 g/mol. The number of benzene rings is 2. The number of carbonyl (C=O) groups excluding carboxylic acids is 1. The van der Waals surface area contributed by atoms with Gasteiger partial charge in [-0.05, 0) is 49.3 Å². The molecule has 1 aromatic heterocycles. The number of methoxy groups -OCH3 is 3. The fraction of sp³-hybridized carbons (Fsp3) is 0.393. The maximum Gasteiger partial charge on any atom is 0.238 e. The molecule has 5 rings (SSSR count). The second kappa shape index (κ2) is 10.3. The van der Waals surface area contributed by atoms with E-state index in [9.17, 15) is 4.79 Å². The predicted molar refractivity (Wildman–Crippen MR) is 139 cm³/mol. The summed E-state index contributed by atoms with van der Waals surface area (Å²) in [5.41, 5.74) is 4.85. The molecule has 35 heavy (non-hydrogen) atoms. The van der Waals surface area contributed by atoms with E-state index < -0.39 is 0 Å². The summed E-state index contributed by atoms with van der Waals surface area (Å²) in [6.45, 7) is 1.11. The summed E-state index contributed by atoms with van der Waals surface area (Å²) in [7, 11) is 4.92. The maximum absolute atomic E-state index is 13.3. The molecule has 0 saturated heterocycles. The van der Waals surface area contributed by atoms with Gasteiger partial charge in [-0.3, -0.25) is 9.69 Å². The molecule has 2 heterocycles. The summed E-state index contributed by atoms with van der Waals surface area (Å²) in [6, 6.07) is 13.6. The SMILES string of the molecule is COc1cc(NC(=O)CN2CCc3c(sc4c3CCCC4)[C@@H]2c2ccccc2OC)cc(OC)c1. The van der Waals surface area contributed by atoms with Gasteiger partial charge in [0.05, 0.1) is 33.9 Å². The Morgan fingerprint density at radius 3 is 2.46 bits per heavy atom. The van der Waals surface area contributed by atoms with Gasteiger partial charge in [-0.2, -0.15) is 0 Å². The summed E-state index contributed by atoms with van der Waals surface area (Å²) in [6.07, 6.45) is 5.86. The monoisotopic (exact) mass is 492 g/mol. The zero-order valence-corrected chi connectivity index (χ0v) is 21.4. The molecule has 2 aromatic carbocycles. The first kappa shape index (κ1) is 23.7. The van der Waals surface area contributed by atoms with Crippen molar-refractivity contribution < 1.29 is 19.0 Å². The van der Waals surface area contributed by atoms with Gasteiger partial charge in [0.25, 0.3) is 0 Å². The number of aryl methyl sites for hydroxylation is 1. The van der Waals surface area contributed by atoms with Crippen LogP contribution in [-0.4, -0.2) is 45.2 Å². The van der Waals surface area contributed by atoms with E-state index in [0.717, 1.165) is 24.3 Å². The molecule has 1 N–H and O–H groups in total. The van der Waals surface area contributed by atoms with Crippen molar-refractivity contribution in [1.82, 2.24) is 4.90 Å². The summed E-state index contributed by atoms with van der Waals surface area (Å²) < 4.78 is 16.5. The first-order valence-electron chi connectivity index (χ1n) is 12.1. The first-order chi connectivity index (χ1) is 17.1. The van der Waals surface area contributed by atoms with Crippen LogP contribution < -0.4 is 19.5 Å². The van der Waals surface area contributed by atoms with Gasteiger partial charge in [-0.25, -0.2) is 0 Å². The van der Waals surface area contributed by atoms with Crippen LogP contribution in [0.3, 0.4) is 0 Å². The van der Waals surface area contributed by atoms with Crippen molar-refractivity contribution in [1.29, 1.82) is 0 Å². The number of ether oxygens (including phenoxy) is 3. The molecule has 1 aliphatic carbocycles. The van der Waals surface area contributed by atoms with Crippen LogP contribution in [0.4, 0.5) is 5.69 Å². The molecule has 0 fully saturated rings. The zero-order chi connectivity index (χ0) is 24.4. The molecule has 0 saturated carbocycles. The van der Waals surface area contributed by atoms with Crippen LogP contribution in [0, 0.1) is 0 Å². The number of nitrogens with zero attached hydrogens (tertiary/aromatic N) is 1. The molecule has 2 aliphatic rings. The van der Waals surface area contributed by atoms with Gasteiger partial charge in [0.1, 0.15) is 17.2 Å². The smallest absolute Gasteiger partial charge is 0.238 e. The van der Waals surface area contributed by atoms with Crippen LogP contribution in [0.1, 0.15) is 45.3 Å². The Labute approximate surface area is 210 Å². The standard InChI is InChI=1S/C28H32N2O4S/c1-32-19-14-18(15-20(16-19)33-2)29-26(31)17-30-13-12-22-21-8-5-7-11-25(21)35-28(22)27(30)23-9-4-6-10-24(23)34-3/h4,6,9-10,14-16,27H,5,7-8,11-13,17H2,1-3H3,(H,29,31)/t27-/m0/s1. The largest absolute Gasteiger partial charge is 0.497 e. The fourth-order valence-corrected chi connectivity index (χ4v) is 6.96. The zero-order valence-electron chi connectivity index (χ0n) is 20.6. The molecular formula is C28H32N2O4S. The number of thiophene rings is 1. The van der Waals surface area contributed by atoms with Crippen molar-refractivity contribution in [2.75, 3.05) is 39.7 Å². The van der Waals surface area contributed by atoms with Crippen LogP contribution >= 0.6 is 11.3 Å². The molecule has 0 radical (unpaired) electrons. The highest BCUT2D eigenvalue weighted by Crippen LogP contribution is 2.46. The number of carbonyl (C=O) groups is 1. The van der Waals surface area contributed by atoms with Crippen LogP contribution in [0.2, 0.25) is 0 Å². The molecule has 1 aliphatic heterocycles. The third kappa shape index (κ3) is 4.75. The number of amides is 1. The highest BCUT2D eigenvalue weighted by atomic mass is 32.1. The topological polar surface area (TPSA) is 60.0 Å². The lowest BCUT2D eigenvalue weighted by atomic mass is 9.88. The third-order valence-electron chi connectivity index (χ3n) is 6.99. The van der Waals surface area contributed by atoms with E-state index >= 15 is 0 Å². The second-order valence-electron chi connectivity index (χ2n) is 9.07. The Morgan fingerprint density at radius 1 is 0.971 bits per heavy atom. The molecule has 7 heteroatoms. The molecule has 0 spiro atoms. The number of anilines is 1. The van der Waals surface area contributed by atoms with E-state index in [1.165, 1.54) is 41.0 Å². The van der Waals surface area contributed by atoms with Crippen molar-refractivity contribution in [2.24, 2.45) is 0 Å². The minimum absolute atomic E-state index is 0.00362. The second-order valence-corrected chi connectivity index (χ2v) is 10.2. The highest BCUT2D eigenvalue weighted by molar-refractivity contribution is 7.12. The fourth-order valence-electron chi connectivity index (χ4n) is 5.36. The Hall–Kier alpha value is -3.03. The summed E-state index contributed by atoms with van der Waals surface area (Å²) in [4.78, 5) is 18.5. The average molecular weight is 493 g/mol. The molecule has 184 valence electrons. The quantitative estimate of drug-likeness (QED) is 0.489. The Bertz CT molecular complexity index is 1200. The van der Waals surface area contributed by atoms with Crippen LogP contribution in [0.5, 0.6) is 17.2 Å². The molecule has 6 nitrogen and oxygen atoms in total. The van der Waals surface area contributed by atoms with Gasteiger partial charge in [-0.15, -0.1) is 11.3 Å². The molecule has 1 amide bonds. The van der Waals surface area contributed by atoms with Gasteiger partial charge < -0.3 is 19.5 Å². The van der Waals surface area contributed by atoms with Gasteiger partial charge in [0, 0.05) is 45.7 Å². The van der Waals surface area contributed by atoms with Gasteiger partial charge in [0.2, 0.25) is 5.91 Å². The van der Waals surface area contributed by atoms with Crippen molar-refractivity contribution in [3.05, 3.63) is 68.9 Å². The van der Waals surface area contributed by atoms with Crippen LogP contribution in [-0.2, 0) is 24.1 Å². The lowest BCUT2D eigenvalue weighted by molar-refractivity contribution is -0.117. The van der Waals surface area contributed by atoms with Crippen molar-refractivity contribution in [2.45, 2.75) is 38.1 Å². The summed E-state index contributed by atoms with van der Waals surface area (Å²) >= 11 is 1.94. The Kier molecular flexibility index (Phi) is 6.97. The van der Waals surface area contributed by atoms with E-state index in [1.807, 2.05) is 23.5 Å². The number of hydrogen-bond donors (Lipinski definition) is 1. The number of nitrogens with one attached hydrogen (secondary N) is 1. The van der Waals surface area contributed by atoms with Crippen molar-refractivity contribution >= 4 is 22.9 Å². The molecule has 3 aromatic rings. The van der Waals surface area contributed by atoms with Crippen molar-refractivity contribution in [3.63, 3.8) is 0 Å². The highest BCUT2D eigenvalue weighted by Gasteiger charge is 2.36. The minimum atomic E-state index is -0.0648. The number of para-hydroxylation sites is 1. The average Bonchev–Trinajstić information content (AvgIpc) is 3.26. The lowest BCUT2D eigenvalue weighted by Gasteiger charge is -2.36. The molecule has 1 atom stereocenters. The number of hydrogen-bond acceptors (Lipinski definition) is 6. The van der Waals surface area contributed by atoms with Crippen LogP contribution in [0.25, 0.3) is 0 Å². The molecule has 0 bridgehead atoms. The summed E-state index contributed by atoms with van der Waals surface area (Å²) in [5, 5.41) is 3.04. The number of fused-ring (bicyclic) bond motifs is 3. The van der Waals surface area contributed by atoms with Crippen LogP contribution in [0.15, 0.2) is 42.5 Å². The summed E-state index contributed by atoms with van der Waals surface area (Å²) in [5.74, 6) is 2.07. The van der Waals surface area contributed by atoms with Gasteiger partial charge in [0.15, 0.2) is 0 Å². The van der Waals surface area contributed by atoms with Gasteiger partial charge >= 0.3 is 0 Å². The predicted octanol–water partition coefficient (Wildman–Crippen LogP) is 5.24. The molecule has 0 unspecified atom stereocenters. The first-order valence-corrected chi connectivity index (χ1v) is 13.0. The third-order valence-corrected chi connectivity index (χ3v) is 8.38. The lowest BCUT2D eigenvalue weighted by Crippen LogP contribution is -2.40. The maximum atomic E-state index is 13.3. The van der Waals surface area contributed by atoms with E-state index in [4.69, 9.17) is 14.2 Å². The van der Waals surface area contributed by atoms with Crippen molar-refractivity contribution in [3.8, 4) is 17.2 Å². The normalized spacial score (nSPS) is 17.3. The van der Waals surface area contributed by atoms with E-state index in [2.05, 4.69) is 22.3 Å². The van der Waals surface area contributed by atoms with E-state index in [0.29, 0.717) is 17.2 Å². The minimum Gasteiger partial charge on any atom is -0.497 e. The Balaban J connectivity index is 1.46. The number of rotatable bonds is 7. The van der Waals surface area contributed by atoms with E-state index in [-0.39, 0.29) is 18.5 Å². The Morgan fingerprint density at radius 2 is 1.71 bits per heavy atom. The van der Waals surface area contributed by atoms with E-state index in [1.54, 1.807) is 45.1 Å².